The first-order valence-electron chi connectivity index (χ1n) is 9.93. The highest BCUT2D eigenvalue weighted by molar-refractivity contribution is 5.65. The number of rotatable bonds is 6. The third-order valence-corrected chi connectivity index (χ3v) is 5.41. The first-order valence-corrected chi connectivity index (χ1v) is 9.93. The Bertz CT molecular complexity index is 779. The zero-order chi connectivity index (χ0) is 19.4. The highest BCUT2D eigenvalue weighted by atomic mass is 19.2. The molecule has 0 N–H and O–H groups in total. The van der Waals surface area contributed by atoms with Crippen LogP contribution in [0.5, 0.6) is 0 Å². The molecule has 2 aromatic rings. The molecule has 3 rings (SSSR count). The average molecular weight is 376 g/mol. The van der Waals surface area contributed by atoms with Crippen molar-refractivity contribution in [3.05, 3.63) is 58.9 Å². The van der Waals surface area contributed by atoms with E-state index >= 15 is 0 Å². The topological polar surface area (TPSA) is 9.23 Å². The van der Waals surface area contributed by atoms with Crippen LogP contribution in [0.3, 0.4) is 0 Å². The molecular weight excluding hydrogens is 349 g/mol. The SMILES string of the molecule is CCCc1ccc(-c2ccc(C3CCC(CCC)OC3)c(F)c2)c(F)c1F. The van der Waals surface area contributed by atoms with E-state index in [1.807, 2.05) is 6.92 Å². The van der Waals surface area contributed by atoms with Crippen molar-refractivity contribution in [3.8, 4) is 11.1 Å². The van der Waals surface area contributed by atoms with Gasteiger partial charge in [-0.3, -0.25) is 0 Å². The summed E-state index contributed by atoms with van der Waals surface area (Å²) >= 11 is 0. The summed E-state index contributed by atoms with van der Waals surface area (Å²) in [4.78, 5) is 0. The minimum Gasteiger partial charge on any atom is -0.378 e. The molecule has 0 radical (unpaired) electrons. The number of benzene rings is 2. The summed E-state index contributed by atoms with van der Waals surface area (Å²) in [6.07, 6.45) is 5.42. The number of halogens is 3. The first-order chi connectivity index (χ1) is 13.0. The van der Waals surface area contributed by atoms with Crippen LogP contribution in [0.15, 0.2) is 30.3 Å². The van der Waals surface area contributed by atoms with Crippen molar-refractivity contribution in [1.82, 2.24) is 0 Å². The Hall–Kier alpha value is -1.81. The predicted octanol–water partition coefficient (Wildman–Crippen LogP) is 6.79. The lowest BCUT2D eigenvalue weighted by Gasteiger charge is -2.29. The second-order valence-corrected chi connectivity index (χ2v) is 7.40. The summed E-state index contributed by atoms with van der Waals surface area (Å²) in [7, 11) is 0. The zero-order valence-electron chi connectivity index (χ0n) is 16.0. The van der Waals surface area contributed by atoms with Gasteiger partial charge in [-0.2, -0.15) is 0 Å². The van der Waals surface area contributed by atoms with Gasteiger partial charge < -0.3 is 4.74 Å². The molecule has 0 spiro atoms. The third kappa shape index (κ3) is 4.37. The van der Waals surface area contributed by atoms with Gasteiger partial charge in [0.2, 0.25) is 0 Å². The molecule has 1 saturated heterocycles. The van der Waals surface area contributed by atoms with Gasteiger partial charge in [0.25, 0.3) is 0 Å². The lowest BCUT2D eigenvalue weighted by molar-refractivity contribution is -0.00172. The van der Waals surface area contributed by atoms with E-state index in [-0.39, 0.29) is 23.4 Å². The van der Waals surface area contributed by atoms with Gasteiger partial charge in [-0.25, -0.2) is 13.2 Å². The van der Waals surface area contributed by atoms with E-state index in [0.717, 1.165) is 32.1 Å². The molecule has 27 heavy (non-hydrogen) atoms. The maximum atomic E-state index is 14.7. The van der Waals surface area contributed by atoms with E-state index in [1.54, 1.807) is 18.2 Å². The van der Waals surface area contributed by atoms with Gasteiger partial charge in [-0.05, 0) is 48.4 Å². The lowest BCUT2D eigenvalue weighted by Crippen LogP contribution is -2.25. The number of hydrogen-bond acceptors (Lipinski definition) is 1. The first kappa shape index (κ1) is 19.9. The summed E-state index contributed by atoms with van der Waals surface area (Å²) in [5.41, 5.74) is 1.41. The van der Waals surface area contributed by atoms with E-state index in [4.69, 9.17) is 4.74 Å². The fourth-order valence-corrected chi connectivity index (χ4v) is 3.90. The Balaban J connectivity index is 1.80. The molecule has 1 nitrogen and oxygen atoms in total. The van der Waals surface area contributed by atoms with Crippen LogP contribution in [0.2, 0.25) is 0 Å². The Morgan fingerprint density at radius 2 is 1.78 bits per heavy atom. The van der Waals surface area contributed by atoms with E-state index in [9.17, 15) is 13.2 Å². The molecule has 2 atom stereocenters. The van der Waals surface area contributed by atoms with Crippen molar-refractivity contribution in [3.63, 3.8) is 0 Å². The fourth-order valence-electron chi connectivity index (χ4n) is 3.90. The average Bonchev–Trinajstić information content (AvgIpc) is 2.67. The summed E-state index contributed by atoms with van der Waals surface area (Å²) < 4.78 is 49.3. The van der Waals surface area contributed by atoms with Gasteiger partial charge in [0.05, 0.1) is 12.7 Å². The van der Waals surface area contributed by atoms with Gasteiger partial charge in [0, 0.05) is 11.5 Å². The van der Waals surface area contributed by atoms with Crippen LogP contribution in [0, 0.1) is 17.5 Å². The maximum Gasteiger partial charge on any atom is 0.166 e. The molecule has 1 aliphatic heterocycles. The quantitative estimate of drug-likeness (QED) is 0.539. The van der Waals surface area contributed by atoms with Crippen LogP contribution >= 0.6 is 0 Å². The molecular formula is C23H27F3O. The van der Waals surface area contributed by atoms with Crippen LogP contribution in [0.1, 0.15) is 63.0 Å². The maximum absolute atomic E-state index is 14.7. The van der Waals surface area contributed by atoms with Crippen molar-refractivity contribution < 1.29 is 17.9 Å². The van der Waals surface area contributed by atoms with Crippen LogP contribution in [0.25, 0.3) is 11.1 Å². The van der Waals surface area contributed by atoms with Crippen LogP contribution in [-0.4, -0.2) is 12.7 Å². The Morgan fingerprint density at radius 3 is 2.41 bits per heavy atom. The van der Waals surface area contributed by atoms with Gasteiger partial charge in [0.15, 0.2) is 11.6 Å². The molecule has 4 heteroatoms. The van der Waals surface area contributed by atoms with Gasteiger partial charge in [-0.15, -0.1) is 0 Å². The molecule has 1 fully saturated rings. The number of hydrogen-bond donors (Lipinski definition) is 0. The van der Waals surface area contributed by atoms with Gasteiger partial charge >= 0.3 is 0 Å². The largest absolute Gasteiger partial charge is 0.378 e. The van der Waals surface area contributed by atoms with Crippen molar-refractivity contribution in [2.75, 3.05) is 6.61 Å². The zero-order valence-corrected chi connectivity index (χ0v) is 16.0. The van der Waals surface area contributed by atoms with Crippen molar-refractivity contribution >= 4 is 0 Å². The predicted molar refractivity (Wildman–Crippen MR) is 102 cm³/mol. The summed E-state index contributed by atoms with van der Waals surface area (Å²) in [6, 6.07) is 7.80. The highest BCUT2D eigenvalue weighted by Gasteiger charge is 2.25. The second kappa shape index (κ2) is 8.92. The van der Waals surface area contributed by atoms with Crippen LogP contribution in [0.4, 0.5) is 13.2 Å². The molecule has 1 heterocycles. The molecule has 0 aliphatic carbocycles. The molecule has 2 unspecified atom stereocenters. The lowest BCUT2D eigenvalue weighted by atomic mass is 9.89. The second-order valence-electron chi connectivity index (χ2n) is 7.40. The monoisotopic (exact) mass is 376 g/mol. The number of ether oxygens (including phenoxy) is 1. The minimum absolute atomic E-state index is 0.0145. The molecule has 2 aromatic carbocycles. The van der Waals surface area contributed by atoms with E-state index in [2.05, 4.69) is 6.92 Å². The Kier molecular flexibility index (Phi) is 6.59. The Morgan fingerprint density at radius 1 is 0.963 bits per heavy atom. The van der Waals surface area contributed by atoms with E-state index < -0.39 is 11.6 Å². The van der Waals surface area contributed by atoms with Crippen LogP contribution in [-0.2, 0) is 11.2 Å². The standard InChI is InChI=1S/C23H27F3O/c1-3-5-15-8-12-20(23(26)22(15)25)16-9-11-19(21(24)13-16)17-7-10-18(6-4-2)27-14-17/h8-9,11-13,17-18H,3-7,10,14H2,1-2H3. The van der Waals surface area contributed by atoms with Crippen molar-refractivity contribution in [2.45, 2.75) is 64.4 Å². The van der Waals surface area contributed by atoms with Crippen molar-refractivity contribution in [1.29, 1.82) is 0 Å². The van der Waals surface area contributed by atoms with E-state index in [0.29, 0.717) is 29.7 Å². The fraction of sp³-hybridized carbons (Fsp3) is 0.478. The van der Waals surface area contributed by atoms with Gasteiger partial charge in [-0.1, -0.05) is 51.0 Å². The molecule has 0 bridgehead atoms. The third-order valence-electron chi connectivity index (χ3n) is 5.41. The molecule has 1 aliphatic rings. The molecule has 0 aromatic heterocycles. The van der Waals surface area contributed by atoms with Crippen molar-refractivity contribution in [2.24, 2.45) is 0 Å². The molecule has 146 valence electrons. The number of aryl methyl sites for hydroxylation is 1. The normalized spacial score (nSPS) is 20.0. The molecule has 0 amide bonds. The van der Waals surface area contributed by atoms with E-state index in [1.165, 1.54) is 12.1 Å². The van der Waals surface area contributed by atoms with Gasteiger partial charge in [0.1, 0.15) is 5.82 Å². The summed E-state index contributed by atoms with van der Waals surface area (Å²) in [5.74, 6) is -2.11. The smallest absolute Gasteiger partial charge is 0.166 e. The minimum atomic E-state index is -0.906. The Labute approximate surface area is 159 Å². The summed E-state index contributed by atoms with van der Waals surface area (Å²) in [5, 5.41) is 0. The summed E-state index contributed by atoms with van der Waals surface area (Å²) in [6.45, 7) is 4.55. The van der Waals surface area contributed by atoms with Crippen LogP contribution < -0.4 is 0 Å². The molecule has 0 saturated carbocycles. The highest BCUT2D eigenvalue weighted by Crippen LogP contribution is 2.34.